The van der Waals surface area contributed by atoms with Gasteiger partial charge in [0.25, 0.3) is 0 Å². The number of likely N-dealkylation sites (tertiary alicyclic amines) is 1. The summed E-state index contributed by atoms with van der Waals surface area (Å²) in [5.74, 6) is -0.739. The van der Waals surface area contributed by atoms with Crippen molar-refractivity contribution in [2.75, 3.05) is 32.8 Å². The number of hydrogen-bond donors (Lipinski definition) is 1. The van der Waals surface area contributed by atoms with E-state index < -0.39 is 22.6 Å². The zero-order chi connectivity index (χ0) is 27.3. The molecule has 3 aliphatic heterocycles. The largest absolute Gasteiger partial charge is 0.396 e. The number of carbonyl (C=O) groups excluding carboxylic acids is 3. The Bertz CT molecular complexity index is 864. The van der Waals surface area contributed by atoms with E-state index in [4.69, 9.17) is 5.11 Å². The number of nitrogens with zero attached hydrogens (tertiary/aromatic N) is 3. The molecule has 3 fully saturated rings. The summed E-state index contributed by atoms with van der Waals surface area (Å²) < 4.78 is -0.593. The van der Waals surface area contributed by atoms with Gasteiger partial charge in [0.2, 0.25) is 17.7 Å². The standard InChI is InChI=1S/C29H47N3O4S/c1-7-14-30(15-8-2)26(34)23-22-19-21(6)29(37-22)24(23)27(35)32(17-12-10-11-13-18-33)25(29)28(36)31(16-9-3)20(4)5/h7,9,20-25,33H,1,3,8,10-19H2,2,4-6H3/t21?,22-,23+,24-,25?,29?/m0/s1. The molecule has 0 aromatic heterocycles. The quantitative estimate of drug-likeness (QED) is 0.256. The van der Waals surface area contributed by atoms with Crippen molar-refractivity contribution < 1.29 is 19.5 Å². The van der Waals surface area contributed by atoms with Crippen LogP contribution in [0, 0.1) is 17.8 Å². The maximum atomic E-state index is 14.3. The third-order valence-corrected chi connectivity index (χ3v) is 10.5. The minimum Gasteiger partial charge on any atom is -0.396 e. The maximum absolute atomic E-state index is 14.3. The predicted molar refractivity (Wildman–Crippen MR) is 150 cm³/mol. The average Bonchev–Trinajstić information content (AvgIpc) is 3.45. The summed E-state index contributed by atoms with van der Waals surface area (Å²) in [4.78, 5) is 48.0. The van der Waals surface area contributed by atoms with Crippen LogP contribution in [0.2, 0.25) is 0 Å². The molecule has 208 valence electrons. The highest BCUT2D eigenvalue weighted by Gasteiger charge is 2.76. The van der Waals surface area contributed by atoms with Gasteiger partial charge >= 0.3 is 0 Å². The third-order valence-electron chi connectivity index (χ3n) is 8.46. The molecule has 2 bridgehead atoms. The molecular weight excluding hydrogens is 486 g/mol. The molecule has 1 spiro atoms. The molecule has 3 unspecified atom stereocenters. The molecule has 37 heavy (non-hydrogen) atoms. The number of fused-ring (bicyclic) bond motifs is 1. The van der Waals surface area contributed by atoms with E-state index in [1.54, 1.807) is 23.9 Å². The fourth-order valence-corrected chi connectivity index (χ4v) is 9.26. The van der Waals surface area contributed by atoms with Crippen LogP contribution in [-0.2, 0) is 14.4 Å². The molecule has 0 aromatic rings. The minimum absolute atomic E-state index is 0.0218. The van der Waals surface area contributed by atoms with Crippen LogP contribution in [0.3, 0.4) is 0 Å². The van der Waals surface area contributed by atoms with Gasteiger partial charge < -0.3 is 19.8 Å². The van der Waals surface area contributed by atoms with Crippen molar-refractivity contribution in [2.45, 2.75) is 88.3 Å². The number of rotatable bonds is 15. The van der Waals surface area contributed by atoms with Crippen LogP contribution in [0.1, 0.15) is 66.2 Å². The topological polar surface area (TPSA) is 81.2 Å². The first-order valence-corrected chi connectivity index (χ1v) is 15.0. The molecule has 6 atom stereocenters. The zero-order valence-electron chi connectivity index (χ0n) is 23.2. The van der Waals surface area contributed by atoms with E-state index in [0.29, 0.717) is 26.2 Å². The van der Waals surface area contributed by atoms with Gasteiger partial charge in [-0.1, -0.05) is 38.8 Å². The summed E-state index contributed by atoms with van der Waals surface area (Å²) in [5.41, 5.74) is 0. The van der Waals surface area contributed by atoms with E-state index in [0.717, 1.165) is 38.5 Å². The summed E-state index contributed by atoms with van der Waals surface area (Å²) in [7, 11) is 0. The van der Waals surface area contributed by atoms with Crippen LogP contribution < -0.4 is 0 Å². The number of carbonyl (C=O) groups is 3. The minimum atomic E-state index is -0.593. The van der Waals surface area contributed by atoms with Crippen LogP contribution >= 0.6 is 11.8 Å². The molecule has 1 N–H and O–H groups in total. The van der Waals surface area contributed by atoms with Gasteiger partial charge in [-0.3, -0.25) is 14.4 Å². The van der Waals surface area contributed by atoms with Crippen molar-refractivity contribution in [3.8, 4) is 0 Å². The Morgan fingerprint density at radius 2 is 1.84 bits per heavy atom. The molecular formula is C29H47N3O4S. The molecule has 3 aliphatic rings. The number of thioether (sulfide) groups is 1. The molecule has 0 aliphatic carbocycles. The van der Waals surface area contributed by atoms with E-state index in [-0.39, 0.29) is 41.5 Å². The molecule has 8 heteroatoms. The first-order chi connectivity index (χ1) is 17.7. The van der Waals surface area contributed by atoms with Gasteiger partial charge in [-0.15, -0.1) is 24.9 Å². The second kappa shape index (κ2) is 12.8. The molecule has 7 nitrogen and oxygen atoms in total. The van der Waals surface area contributed by atoms with Crippen molar-refractivity contribution in [3.63, 3.8) is 0 Å². The van der Waals surface area contributed by atoms with E-state index in [1.165, 1.54) is 0 Å². The lowest BCUT2D eigenvalue weighted by Gasteiger charge is -2.41. The van der Waals surface area contributed by atoms with Gasteiger partial charge in [-0.25, -0.2) is 0 Å². The lowest BCUT2D eigenvalue weighted by Crippen LogP contribution is -2.58. The highest BCUT2D eigenvalue weighted by atomic mass is 32.2. The first kappa shape index (κ1) is 29.8. The van der Waals surface area contributed by atoms with Gasteiger partial charge in [0, 0.05) is 44.1 Å². The maximum Gasteiger partial charge on any atom is 0.247 e. The lowest BCUT2D eigenvalue weighted by atomic mass is 9.65. The molecule has 0 aromatic carbocycles. The zero-order valence-corrected chi connectivity index (χ0v) is 24.0. The van der Waals surface area contributed by atoms with Crippen molar-refractivity contribution in [1.29, 1.82) is 0 Å². The lowest BCUT2D eigenvalue weighted by molar-refractivity contribution is -0.145. The van der Waals surface area contributed by atoms with Crippen LogP contribution in [0.4, 0.5) is 0 Å². The summed E-state index contributed by atoms with van der Waals surface area (Å²) in [6.07, 6.45) is 8.49. The van der Waals surface area contributed by atoms with Gasteiger partial charge in [0.1, 0.15) is 6.04 Å². The van der Waals surface area contributed by atoms with Crippen LogP contribution in [0.5, 0.6) is 0 Å². The second-order valence-corrected chi connectivity index (χ2v) is 12.7. The van der Waals surface area contributed by atoms with E-state index in [2.05, 4.69) is 27.0 Å². The van der Waals surface area contributed by atoms with E-state index in [1.807, 2.05) is 28.5 Å². The number of unbranched alkanes of at least 4 members (excludes halogenated alkanes) is 3. The van der Waals surface area contributed by atoms with Crippen LogP contribution in [0.25, 0.3) is 0 Å². The Morgan fingerprint density at radius 1 is 1.16 bits per heavy atom. The number of aliphatic hydroxyl groups is 1. The number of amides is 3. The Kier molecular flexibility index (Phi) is 10.3. The van der Waals surface area contributed by atoms with Gasteiger partial charge in [-0.05, 0) is 45.4 Å². The SMILES string of the molecule is C=CCN(CCC)C(=O)[C@@H]1[C@@H]2CC(C)C3(S2)C(C(=O)N(CC=C)C(C)C)N(CCCCCCO)C(=O)[C@H]13. The normalized spacial score (nSPS) is 30.1. The van der Waals surface area contributed by atoms with Gasteiger partial charge in [0.15, 0.2) is 0 Å². The van der Waals surface area contributed by atoms with Crippen molar-refractivity contribution in [3.05, 3.63) is 25.3 Å². The molecule has 3 amide bonds. The van der Waals surface area contributed by atoms with Crippen LogP contribution in [-0.4, -0.2) is 92.4 Å². The Morgan fingerprint density at radius 3 is 2.43 bits per heavy atom. The number of hydrogen-bond acceptors (Lipinski definition) is 5. The monoisotopic (exact) mass is 533 g/mol. The smallest absolute Gasteiger partial charge is 0.247 e. The molecule has 0 radical (unpaired) electrons. The van der Waals surface area contributed by atoms with E-state index in [9.17, 15) is 14.4 Å². The predicted octanol–water partition coefficient (Wildman–Crippen LogP) is 3.72. The molecule has 3 saturated heterocycles. The van der Waals surface area contributed by atoms with Gasteiger partial charge in [0.05, 0.1) is 16.6 Å². The van der Waals surface area contributed by atoms with E-state index >= 15 is 0 Å². The number of aliphatic hydroxyl groups excluding tert-OH is 1. The average molecular weight is 534 g/mol. The fourth-order valence-electron chi connectivity index (χ4n) is 6.85. The summed E-state index contributed by atoms with van der Waals surface area (Å²) in [5, 5.41) is 9.19. The fraction of sp³-hybridized carbons (Fsp3) is 0.759. The Balaban J connectivity index is 2.01. The molecule has 3 heterocycles. The highest BCUT2D eigenvalue weighted by molar-refractivity contribution is 8.02. The van der Waals surface area contributed by atoms with Crippen molar-refractivity contribution in [1.82, 2.24) is 14.7 Å². The summed E-state index contributed by atoms with van der Waals surface area (Å²) in [6.45, 7) is 18.1. The van der Waals surface area contributed by atoms with Gasteiger partial charge in [-0.2, -0.15) is 0 Å². The third kappa shape index (κ3) is 5.38. The Labute approximate surface area is 227 Å². The van der Waals surface area contributed by atoms with Crippen molar-refractivity contribution in [2.24, 2.45) is 17.8 Å². The summed E-state index contributed by atoms with van der Waals surface area (Å²) >= 11 is 1.74. The van der Waals surface area contributed by atoms with Crippen LogP contribution in [0.15, 0.2) is 25.3 Å². The molecule has 0 saturated carbocycles. The Hall–Kier alpha value is -1.80. The first-order valence-electron chi connectivity index (χ1n) is 14.1. The highest BCUT2D eigenvalue weighted by Crippen LogP contribution is 2.69. The second-order valence-electron chi connectivity index (χ2n) is 11.2. The summed E-state index contributed by atoms with van der Waals surface area (Å²) in [6, 6.07) is -0.599. The molecule has 3 rings (SSSR count). The van der Waals surface area contributed by atoms with Crippen molar-refractivity contribution >= 4 is 29.5 Å².